The van der Waals surface area contributed by atoms with E-state index in [9.17, 15) is 4.79 Å². The molecule has 0 saturated heterocycles. The van der Waals surface area contributed by atoms with Crippen LogP contribution >= 0.6 is 0 Å². The number of amides is 1. The van der Waals surface area contributed by atoms with Crippen LogP contribution in [0.5, 0.6) is 5.88 Å². The zero-order valence-corrected chi connectivity index (χ0v) is 10.1. The number of hydrogen-bond acceptors (Lipinski definition) is 3. The summed E-state index contributed by atoms with van der Waals surface area (Å²) >= 11 is 0. The summed E-state index contributed by atoms with van der Waals surface area (Å²) in [5, 5.41) is 2.66. The standard InChI is InChI=1S/C14H14N2O2/c1-2-11-6-5-7-12(10-11)16-14(17)18-13-8-3-4-9-15-13/h3-10H,2H2,1H3,(H,16,17). The molecule has 0 bridgehead atoms. The molecule has 2 rings (SSSR count). The lowest BCUT2D eigenvalue weighted by molar-refractivity contribution is 0.213. The Morgan fingerprint density at radius 3 is 2.89 bits per heavy atom. The number of ether oxygens (including phenoxy) is 1. The summed E-state index contributed by atoms with van der Waals surface area (Å²) in [4.78, 5) is 15.5. The predicted octanol–water partition coefficient (Wildman–Crippen LogP) is 3.25. The van der Waals surface area contributed by atoms with E-state index in [0.717, 1.165) is 17.7 Å². The van der Waals surface area contributed by atoms with E-state index in [1.165, 1.54) is 0 Å². The first-order valence-corrected chi connectivity index (χ1v) is 5.76. The summed E-state index contributed by atoms with van der Waals surface area (Å²) in [6.07, 6.45) is 1.95. The molecule has 1 N–H and O–H groups in total. The van der Waals surface area contributed by atoms with Crippen molar-refractivity contribution in [3.63, 3.8) is 0 Å². The maximum Gasteiger partial charge on any atom is 0.418 e. The molecule has 1 aromatic carbocycles. The van der Waals surface area contributed by atoms with Crippen molar-refractivity contribution in [2.24, 2.45) is 0 Å². The molecule has 0 fully saturated rings. The lowest BCUT2D eigenvalue weighted by Crippen LogP contribution is -2.17. The number of carbonyl (C=O) groups is 1. The minimum Gasteiger partial charge on any atom is -0.391 e. The number of anilines is 1. The highest BCUT2D eigenvalue weighted by molar-refractivity contribution is 5.86. The van der Waals surface area contributed by atoms with Gasteiger partial charge in [0.2, 0.25) is 5.88 Å². The average Bonchev–Trinajstić information content (AvgIpc) is 2.40. The molecule has 0 aliphatic carbocycles. The number of pyridine rings is 1. The number of benzene rings is 1. The van der Waals surface area contributed by atoms with Gasteiger partial charge in [0.25, 0.3) is 0 Å². The van der Waals surface area contributed by atoms with Gasteiger partial charge in [-0.2, -0.15) is 0 Å². The number of aryl methyl sites for hydroxylation is 1. The van der Waals surface area contributed by atoms with Crippen LogP contribution in [0.3, 0.4) is 0 Å². The molecule has 1 heterocycles. The van der Waals surface area contributed by atoms with Crippen LogP contribution in [0.2, 0.25) is 0 Å². The van der Waals surface area contributed by atoms with Gasteiger partial charge in [-0.1, -0.05) is 25.1 Å². The molecule has 1 aromatic heterocycles. The Bertz CT molecular complexity index is 526. The van der Waals surface area contributed by atoms with E-state index in [2.05, 4.69) is 17.2 Å². The molecule has 1 amide bonds. The summed E-state index contributed by atoms with van der Waals surface area (Å²) < 4.78 is 5.03. The van der Waals surface area contributed by atoms with Gasteiger partial charge in [-0.3, -0.25) is 5.32 Å². The fourth-order valence-corrected chi connectivity index (χ4v) is 1.51. The summed E-state index contributed by atoms with van der Waals surface area (Å²) in [6.45, 7) is 2.06. The second-order valence-corrected chi connectivity index (χ2v) is 3.74. The number of nitrogens with one attached hydrogen (secondary N) is 1. The Kier molecular flexibility index (Phi) is 3.91. The van der Waals surface area contributed by atoms with Gasteiger partial charge in [-0.25, -0.2) is 9.78 Å². The Balaban J connectivity index is 1.99. The maximum atomic E-state index is 11.6. The van der Waals surface area contributed by atoms with Crippen molar-refractivity contribution in [3.05, 3.63) is 54.2 Å². The Morgan fingerprint density at radius 1 is 1.28 bits per heavy atom. The second kappa shape index (κ2) is 5.82. The number of hydrogen-bond donors (Lipinski definition) is 1. The highest BCUT2D eigenvalue weighted by Crippen LogP contribution is 2.12. The van der Waals surface area contributed by atoms with Gasteiger partial charge in [0.05, 0.1) is 0 Å². The lowest BCUT2D eigenvalue weighted by atomic mass is 10.1. The van der Waals surface area contributed by atoms with Crippen LogP contribution in [-0.4, -0.2) is 11.1 Å². The molecule has 0 unspecified atom stereocenters. The van der Waals surface area contributed by atoms with Crippen LogP contribution in [0.1, 0.15) is 12.5 Å². The van der Waals surface area contributed by atoms with Crippen molar-refractivity contribution in [2.45, 2.75) is 13.3 Å². The molecule has 4 nitrogen and oxygen atoms in total. The fraction of sp³-hybridized carbons (Fsp3) is 0.143. The van der Waals surface area contributed by atoms with Crippen LogP contribution < -0.4 is 10.1 Å². The Labute approximate surface area is 106 Å². The van der Waals surface area contributed by atoms with Crippen LogP contribution in [0, 0.1) is 0 Å². The predicted molar refractivity (Wildman–Crippen MR) is 69.7 cm³/mol. The van der Waals surface area contributed by atoms with E-state index >= 15 is 0 Å². The van der Waals surface area contributed by atoms with Gasteiger partial charge in [-0.15, -0.1) is 0 Å². The summed E-state index contributed by atoms with van der Waals surface area (Å²) in [6, 6.07) is 12.8. The van der Waals surface area contributed by atoms with E-state index in [0.29, 0.717) is 0 Å². The Hall–Kier alpha value is -2.36. The van der Waals surface area contributed by atoms with E-state index in [1.54, 1.807) is 24.4 Å². The quantitative estimate of drug-likeness (QED) is 0.898. The molecule has 2 aromatic rings. The summed E-state index contributed by atoms with van der Waals surface area (Å²) in [5.41, 5.74) is 1.88. The van der Waals surface area contributed by atoms with Gasteiger partial charge in [0.1, 0.15) is 0 Å². The highest BCUT2D eigenvalue weighted by atomic mass is 16.6. The van der Waals surface area contributed by atoms with Crippen molar-refractivity contribution in [1.29, 1.82) is 0 Å². The van der Waals surface area contributed by atoms with E-state index < -0.39 is 6.09 Å². The first-order chi connectivity index (χ1) is 8.78. The minimum atomic E-state index is -0.540. The fourth-order valence-electron chi connectivity index (χ4n) is 1.51. The molecule has 0 saturated carbocycles. The van der Waals surface area contributed by atoms with Crippen LogP contribution in [-0.2, 0) is 6.42 Å². The lowest BCUT2D eigenvalue weighted by Gasteiger charge is -2.06. The average molecular weight is 242 g/mol. The molecule has 0 aliphatic heterocycles. The molecule has 92 valence electrons. The largest absolute Gasteiger partial charge is 0.418 e. The Morgan fingerprint density at radius 2 is 2.17 bits per heavy atom. The molecular weight excluding hydrogens is 228 g/mol. The van der Waals surface area contributed by atoms with Gasteiger partial charge >= 0.3 is 6.09 Å². The van der Waals surface area contributed by atoms with Gasteiger partial charge in [0.15, 0.2) is 0 Å². The van der Waals surface area contributed by atoms with Crippen molar-refractivity contribution in [3.8, 4) is 5.88 Å². The number of aromatic nitrogens is 1. The van der Waals surface area contributed by atoms with Crippen molar-refractivity contribution in [1.82, 2.24) is 4.98 Å². The third-order valence-electron chi connectivity index (χ3n) is 2.42. The first-order valence-electron chi connectivity index (χ1n) is 5.76. The van der Waals surface area contributed by atoms with E-state index in [4.69, 9.17) is 4.74 Å². The van der Waals surface area contributed by atoms with Crippen LogP contribution in [0.4, 0.5) is 10.5 Å². The third-order valence-corrected chi connectivity index (χ3v) is 2.42. The molecule has 0 atom stereocenters. The first kappa shape index (κ1) is 12.1. The normalized spacial score (nSPS) is 9.83. The van der Waals surface area contributed by atoms with Crippen LogP contribution in [0.25, 0.3) is 0 Å². The minimum absolute atomic E-state index is 0.279. The third kappa shape index (κ3) is 3.31. The van der Waals surface area contributed by atoms with Gasteiger partial charge in [0, 0.05) is 18.0 Å². The van der Waals surface area contributed by atoms with Crippen molar-refractivity contribution < 1.29 is 9.53 Å². The smallest absolute Gasteiger partial charge is 0.391 e. The monoisotopic (exact) mass is 242 g/mol. The number of rotatable bonds is 3. The zero-order valence-electron chi connectivity index (χ0n) is 10.1. The van der Waals surface area contributed by atoms with Crippen LogP contribution in [0.15, 0.2) is 48.7 Å². The van der Waals surface area contributed by atoms with Gasteiger partial charge in [-0.05, 0) is 30.2 Å². The SMILES string of the molecule is CCc1cccc(NC(=O)Oc2ccccn2)c1. The van der Waals surface area contributed by atoms with E-state index in [-0.39, 0.29) is 5.88 Å². The highest BCUT2D eigenvalue weighted by Gasteiger charge is 2.05. The molecule has 0 spiro atoms. The number of nitrogens with zero attached hydrogens (tertiary/aromatic N) is 1. The molecule has 0 radical (unpaired) electrons. The number of carbonyl (C=O) groups excluding carboxylic acids is 1. The van der Waals surface area contributed by atoms with Gasteiger partial charge < -0.3 is 4.74 Å². The second-order valence-electron chi connectivity index (χ2n) is 3.74. The summed E-state index contributed by atoms with van der Waals surface area (Å²) in [5.74, 6) is 0.279. The molecule has 18 heavy (non-hydrogen) atoms. The maximum absolute atomic E-state index is 11.6. The topological polar surface area (TPSA) is 51.2 Å². The van der Waals surface area contributed by atoms with Crippen molar-refractivity contribution >= 4 is 11.8 Å². The molecule has 4 heteroatoms. The van der Waals surface area contributed by atoms with E-state index in [1.807, 2.05) is 24.3 Å². The molecular formula is C14H14N2O2. The zero-order chi connectivity index (χ0) is 12.8. The summed E-state index contributed by atoms with van der Waals surface area (Å²) in [7, 11) is 0. The molecule has 0 aliphatic rings. The van der Waals surface area contributed by atoms with Crippen molar-refractivity contribution in [2.75, 3.05) is 5.32 Å².